The van der Waals surface area contributed by atoms with Gasteiger partial charge in [0.05, 0.1) is 13.5 Å². The van der Waals surface area contributed by atoms with Crippen molar-refractivity contribution in [2.45, 2.75) is 52.5 Å². The van der Waals surface area contributed by atoms with Gasteiger partial charge >= 0.3 is 5.97 Å². The zero-order chi connectivity index (χ0) is 14.7. The highest BCUT2D eigenvalue weighted by Crippen LogP contribution is 2.07. The van der Waals surface area contributed by atoms with E-state index in [0.717, 1.165) is 18.3 Å². The molecule has 0 fully saturated rings. The number of hydrogen-bond acceptors (Lipinski definition) is 3. The molecule has 1 atom stereocenters. The van der Waals surface area contributed by atoms with Crippen LogP contribution in [-0.2, 0) is 9.53 Å². The Morgan fingerprint density at radius 3 is 2.40 bits per heavy atom. The summed E-state index contributed by atoms with van der Waals surface area (Å²) in [6.45, 7) is 7.16. The molecule has 0 amide bonds. The van der Waals surface area contributed by atoms with Gasteiger partial charge in [0.2, 0.25) is 0 Å². The van der Waals surface area contributed by atoms with Crippen LogP contribution in [-0.4, -0.2) is 38.7 Å². The van der Waals surface area contributed by atoms with Gasteiger partial charge in [0.15, 0.2) is 5.96 Å². The average molecular weight is 399 g/mol. The van der Waals surface area contributed by atoms with Crippen LogP contribution in [0.25, 0.3) is 0 Å². The van der Waals surface area contributed by atoms with Crippen molar-refractivity contribution in [3.63, 3.8) is 0 Å². The minimum Gasteiger partial charge on any atom is -0.469 e. The molecule has 5 nitrogen and oxygen atoms in total. The van der Waals surface area contributed by atoms with Gasteiger partial charge in [0, 0.05) is 19.6 Å². The summed E-state index contributed by atoms with van der Waals surface area (Å²) in [5.41, 5.74) is 0. The second-order valence-electron chi connectivity index (χ2n) is 5.20. The van der Waals surface area contributed by atoms with E-state index in [-0.39, 0.29) is 29.9 Å². The number of esters is 1. The Bertz CT molecular complexity index is 284. The van der Waals surface area contributed by atoms with Gasteiger partial charge in [0.25, 0.3) is 0 Å². The molecule has 20 heavy (non-hydrogen) atoms. The first-order valence-corrected chi connectivity index (χ1v) is 7.03. The molecule has 0 saturated carbocycles. The molecule has 6 heteroatoms. The maximum Gasteiger partial charge on any atom is 0.307 e. The first-order chi connectivity index (χ1) is 8.99. The molecule has 0 aromatic rings. The lowest BCUT2D eigenvalue weighted by molar-refractivity contribution is -0.140. The molecule has 0 radical (unpaired) electrons. The molecule has 0 aliphatic heterocycles. The molecule has 0 bridgehead atoms. The van der Waals surface area contributed by atoms with Crippen LogP contribution in [0, 0.1) is 5.92 Å². The Morgan fingerprint density at radius 1 is 1.25 bits per heavy atom. The summed E-state index contributed by atoms with van der Waals surface area (Å²) in [4.78, 5) is 15.1. The van der Waals surface area contributed by atoms with Crippen LogP contribution in [0.5, 0.6) is 0 Å². The number of carbonyl (C=O) groups is 1. The van der Waals surface area contributed by atoms with Gasteiger partial charge in [-0.3, -0.25) is 9.79 Å². The first-order valence-electron chi connectivity index (χ1n) is 7.03. The number of aliphatic imine (C=N–C) groups is 1. The van der Waals surface area contributed by atoms with Crippen molar-refractivity contribution < 1.29 is 9.53 Å². The standard InChI is InChI=1S/C14H29N3O2.HI/c1-11(2)7-6-8-12(3)17-14(15-4)16-10-9-13(18)19-5;/h11-12H,6-10H2,1-5H3,(H2,15,16,17);1H. The quantitative estimate of drug-likeness (QED) is 0.285. The first kappa shape index (κ1) is 21.8. The monoisotopic (exact) mass is 399 g/mol. The van der Waals surface area contributed by atoms with Crippen molar-refractivity contribution in [1.82, 2.24) is 10.6 Å². The van der Waals surface area contributed by atoms with Gasteiger partial charge in [0.1, 0.15) is 0 Å². The number of nitrogens with one attached hydrogen (secondary N) is 2. The van der Waals surface area contributed by atoms with Gasteiger partial charge in [-0.25, -0.2) is 0 Å². The van der Waals surface area contributed by atoms with Crippen molar-refractivity contribution in [2.24, 2.45) is 10.9 Å². The van der Waals surface area contributed by atoms with Crippen molar-refractivity contribution in [2.75, 3.05) is 20.7 Å². The van der Waals surface area contributed by atoms with Crippen LogP contribution in [0.4, 0.5) is 0 Å². The fourth-order valence-electron chi connectivity index (χ4n) is 1.72. The van der Waals surface area contributed by atoms with Crippen molar-refractivity contribution in [3.8, 4) is 0 Å². The minimum atomic E-state index is -0.215. The summed E-state index contributed by atoms with van der Waals surface area (Å²) in [6, 6.07) is 0.378. The second kappa shape index (κ2) is 13.5. The third-order valence-corrected chi connectivity index (χ3v) is 2.87. The molecular formula is C14H30IN3O2. The van der Waals surface area contributed by atoms with Crippen LogP contribution in [0.15, 0.2) is 4.99 Å². The van der Waals surface area contributed by atoms with E-state index >= 15 is 0 Å². The number of hydrogen-bond donors (Lipinski definition) is 2. The number of guanidine groups is 1. The smallest absolute Gasteiger partial charge is 0.307 e. The lowest BCUT2D eigenvalue weighted by atomic mass is 10.0. The maximum absolute atomic E-state index is 11.0. The molecular weight excluding hydrogens is 369 g/mol. The van der Waals surface area contributed by atoms with E-state index in [1.807, 2.05) is 0 Å². The maximum atomic E-state index is 11.0. The zero-order valence-electron chi connectivity index (χ0n) is 13.4. The fraction of sp³-hybridized carbons (Fsp3) is 0.857. The van der Waals surface area contributed by atoms with Crippen molar-refractivity contribution in [3.05, 3.63) is 0 Å². The van der Waals surface area contributed by atoms with Crippen LogP contribution in [0.1, 0.15) is 46.5 Å². The lowest BCUT2D eigenvalue weighted by Crippen LogP contribution is -2.42. The van der Waals surface area contributed by atoms with Crippen molar-refractivity contribution in [1.29, 1.82) is 0 Å². The van der Waals surface area contributed by atoms with E-state index in [1.54, 1.807) is 7.05 Å². The highest BCUT2D eigenvalue weighted by molar-refractivity contribution is 14.0. The predicted octanol–water partition coefficient (Wildman–Crippen LogP) is 2.55. The van der Waals surface area contributed by atoms with Gasteiger partial charge in [-0.2, -0.15) is 0 Å². The molecule has 0 aromatic heterocycles. The number of methoxy groups -OCH3 is 1. The molecule has 0 heterocycles. The number of rotatable bonds is 8. The SMILES string of the molecule is CN=C(NCCC(=O)OC)NC(C)CCCC(C)C.I. The summed E-state index contributed by atoms with van der Waals surface area (Å²) in [6.07, 6.45) is 3.93. The third-order valence-electron chi connectivity index (χ3n) is 2.87. The Kier molecular flexibility index (Phi) is 14.6. The Labute approximate surface area is 140 Å². The average Bonchev–Trinajstić information content (AvgIpc) is 2.36. The Balaban J connectivity index is 0. The predicted molar refractivity (Wildman–Crippen MR) is 94.7 cm³/mol. The number of ether oxygens (including phenoxy) is 1. The van der Waals surface area contributed by atoms with Gasteiger partial charge in [-0.05, 0) is 19.3 Å². The highest BCUT2D eigenvalue weighted by Gasteiger charge is 2.06. The molecule has 0 rings (SSSR count). The summed E-state index contributed by atoms with van der Waals surface area (Å²) >= 11 is 0. The molecule has 0 saturated heterocycles. The second-order valence-corrected chi connectivity index (χ2v) is 5.20. The molecule has 1 unspecified atom stereocenters. The van der Waals surface area contributed by atoms with Gasteiger partial charge in [-0.15, -0.1) is 24.0 Å². The van der Waals surface area contributed by atoms with E-state index in [2.05, 4.69) is 41.1 Å². The largest absolute Gasteiger partial charge is 0.469 e. The molecule has 120 valence electrons. The summed E-state index contributed by atoms with van der Waals surface area (Å²) < 4.78 is 4.58. The van der Waals surface area contributed by atoms with Gasteiger partial charge < -0.3 is 15.4 Å². The molecule has 2 N–H and O–H groups in total. The normalized spacial score (nSPS) is 12.6. The molecule has 0 spiro atoms. The van der Waals surface area contributed by atoms with Gasteiger partial charge in [-0.1, -0.05) is 26.7 Å². The highest BCUT2D eigenvalue weighted by atomic mass is 127. The zero-order valence-corrected chi connectivity index (χ0v) is 15.7. The van der Waals surface area contributed by atoms with Crippen LogP contribution in [0.3, 0.4) is 0 Å². The van der Waals surface area contributed by atoms with E-state index in [9.17, 15) is 4.79 Å². The lowest BCUT2D eigenvalue weighted by Gasteiger charge is -2.18. The molecule has 0 aliphatic rings. The van der Waals surface area contributed by atoms with Crippen LogP contribution < -0.4 is 10.6 Å². The summed E-state index contributed by atoms with van der Waals surface area (Å²) in [5.74, 6) is 1.28. The fourth-order valence-corrected chi connectivity index (χ4v) is 1.72. The summed E-state index contributed by atoms with van der Waals surface area (Å²) in [5, 5.41) is 6.42. The van der Waals surface area contributed by atoms with E-state index in [4.69, 9.17) is 0 Å². The number of halogens is 1. The number of carbonyl (C=O) groups excluding carboxylic acids is 1. The Hall–Kier alpha value is -0.530. The minimum absolute atomic E-state index is 0. The van der Waals surface area contributed by atoms with Crippen molar-refractivity contribution >= 4 is 35.9 Å². The van der Waals surface area contributed by atoms with Crippen LogP contribution in [0.2, 0.25) is 0 Å². The summed E-state index contributed by atoms with van der Waals surface area (Å²) in [7, 11) is 3.13. The van der Waals surface area contributed by atoms with E-state index < -0.39 is 0 Å². The molecule has 0 aromatic carbocycles. The van der Waals surface area contributed by atoms with E-state index in [0.29, 0.717) is 19.0 Å². The van der Waals surface area contributed by atoms with E-state index in [1.165, 1.54) is 20.0 Å². The molecule has 0 aliphatic carbocycles. The third kappa shape index (κ3) is 12.5. The van der Waals surface area contributed by atoms with Crippen LogP contribution >= 0.6 is 24.0 Å². The topological polar surface area (TPSA) is 62.7 Å². The number of nitrogens with zero attached hydrogens (tertiary/aromatic N) is 1. The Morgan fingerprint density at radius 2 is 1.90 bits per heavy atom.